The molecule has 1 fully saturated rings. The Kier molecular flexibility index (Phi) is 6.26. The molecule has 3 rings (SSSR count). The van der Waals surface area contributed by atoms with Crippen molar-refractivity contribution in [3.63, 3.8) is 0 Å². The van der Waals surface area contributed by atoms with Crippen LogP contribution in [0.15, 0.2) is 46.1 Å². The molecule has 0 spiro atoms. The molecular weight excluding hydrogens is 394 g/mol. The monoisotopic (exact) mass is 419 g/mol. The van der Waals surface area contributed by atoms with E-state index >= 15 is 0 Å². The van der Waals surface area contributed by atoms with E-state index in [4.69, 9.17) is 4.74 Å². The number of hydrogen-bond acceptors (Lipinski definition) is 5. The summed E-state index contributed by atoms with van der Waals surface area (Å²) in [7, 11) is -2.47. The van der Waals surface area contributed by atoms with Gasteiger partial charge in [-0.1, -0.05) is 0 Å². The standard InChI is InChI=1S/C20H25N3O5S/c1-15-6-11-18(21-29(26,27)17-9-7-16(28-2)8-10-17)20(25)23(15)14-19(24)22-12-4-3-5-13-22/h6-11,21H,3-5,12-14H2,1-2H3. The average Bonchev–Trinajstić information content (AvgIpc) is 2.73. The highest BCUT2D eigenvalue weighted by Gasteiger charge is 2.21. The van der Waals surface area contributed by atoms with E-state index in [9.17, 15) is 18.0 Å². The molecule has 0 atom stereocenters. The Hall–Kier alpha value is -2.81. The lowest BCUT2D eigenvalue weighted by Crippen LogP contribution is -2.40. The van der Waals surface area contributed by atoms with Gasteiger partial charge in [0.05, 0.1) is 12.0 Å². The molecule has 8 nitrogen and oxygen atoms in total. The molecule has 29 heavy (non-hydrogen) atoms. The van der Waals surface area contributed by atoms with Crippen LogP contribution in [0, 0.1) is 6.92 Å². The summed E-state index contributed by atoms with van der Waals surface area (Å²) < 4.78 is 34.0. The smallest absolute Gasteiger partial charge is 0.275 e. The van der Waals surface area contributed by atoms with Crippen molar-refractivity contribution in [1.29, 1.82) is 0 Å². The van der Waals surface area contributed by atoms with E-state index in [2.05, 4.69) is 4.72 Å². The largest absolute Gasteiger partial charge is 0.497 e. The van der Waals surface area contributed by atoms with E-state index in [0.29, 0.717) is 24.5 Å². The number of carbonyl (C=O) groups is 1. The molecule has 0 unspecified atom stereocenters. The number of benzene rings is 1. The van der Waals surface area contributed by atoms with Gasteiger partial charge in [-0.15, -0.1) is 0 Å². The Morgan fingerprint density at radius 3 is 2.34 bits per heavy atom. The van der Waals surface area contributed by atoms with Crippen molar-refractivity contribution in [2.24, 2.45) is 0 Å². The lowest BCUT2D eigenvalue weighted by atomic mass is 10.1. The second kappa shape index (κ2) is 8.69. The van der Waals surface area contributed by atoms with E-state index < -0.39 is 15.6 Å². The molecule has 156 valence electrons. The Labute approximate surface area is 170 Å². The highest BCUT2D eigenvalue weighted by atomic mass is 32.2. The fourth-order valence-electron chi connectivity index (χ4n) is 3.28. The second-order valence-electron chi connectivity index (χ2n) is 7.00. The van der Waals surface area contributed by atoms with Gasteiger partial charge in [-0.2, -0.15) is 0 Å². The average molecular weight is 420 g/mol. The van der Waals surface area contributed by atoms with Gasteiger partial charge >= 0.3 is 0 Å². The van der Waals surface area contributed by atoms with Crippen LogP contribution in [-0.4, -0.2) is 44.0 Å². The van der Waals surface area contributed by atoms with E-state index in [1.807, 2.05) is 0 Å². The summed E-state index contributed by atoms with van der Waals surface area (Å²) in [6, 6.07) is 8.89. The number of anilines is 1. The van der Waals surface area contributed by atoms with Gasteiger partial charge in [0.15, 0.2) is 0 Å². The van der Waals surface area contributed by atoms with E-state index in [1.165, 1.54) is 42.0 Å². The molecule has 2 heterocycles. The van der Waals surface area contributed by atoms with Gasteiger partial charge in [0.25, 0.3) is 15.6 Å². The number of nitrogens with zero attached hydrogens (tertiary/aromatic N) is 2. The van der Waals surface area contributed by atoms with Gasteiger partial charge < -0.3 is 14.2 Å². The molecule has 2 aromatic rings. The van der Waals surface area contributed by atoms with Crippen molar-refractivity contribution in [3.8, 4) is 5.75 Å². The van der Waals surface area contributed by atoms with Crippen LogP contribution < -0.4 is 15.0 Å². The van der Waals surface area contributed by atoms with Crippen molar-refractivity contribution in [1.82, 2.24) is 9.47 Å². The number of aromatic nitrogens is 1. The topological polar surface area (TPSA) is 97.7 Å². The number of amides is 1. The summed E-state index contributed by atoms with van der Waals surface area (Å²) in [6.07, 6.45) is 3.02. The number of nitrogens with one attached hydrogen (secondary N) is 1. The van der Waals surface area contributed by atoms with Crippen molar-refractivity contribution in [2.75, 3.05) is 24.9 Å². The number of pyridine rings is 1. The van der Waals surface area contributed by atoms with Crippen LogP contribution in [0.2, 0.25) is 0 Å². The fourth-order valence-corrected chi connectivity index (χ4v) is 4.34. The second-order valence-corrected chi connectivity index (χ2v) is 8.68. The molecule has 1 aromatic carbocycles. The van der Waals surface area contributed by atoms with Crippen LogP contribution in [0.25, 0.3) is 0 Å². The molecule has 0 radical (unpaired) electrons. The van der Waals surface area contributed by atoms with Gasteiger partial charge in [-0.25, -0.2) is 8.42 Å². The number of aryl methyl sites for hydroxylation is 1. The summed E-state index contributed by atoms with van der Waals surface area (Å²) in [4.78, 5) is 27.2. The molecule has 1 aliphatic rings. The van der Waals surface area contributed by atoms with Crippen molar-refractivity contribution < 1.29 is 17.9 Å². The zero-order valence-corrected chi connectivity index (χ0v) is 17.4. The molecule has 1 N–H and O–H groups in total. The highest BCUT2D eigenvalue weighted by Crippen LogP contribution is 2.18. The molecule has 0 saturated carbocycles. The maximum atomic E-state index is 12.9. The molecule has 1 amide bonds. The molecule has 1 saturated heterocycles. The molecule has 9 heteroatoms. The molecule has 0 aliphatic carbocycles. The first kappa shape index (κ1) is 20.9. The Morgan fingerprint density at radius 2 is 1.72 bits per heavy atom. The van der Waals surface area contributed by atoms with Crippen LogP contribution in [0.4, 0.5) is 5.69 Å². The predicted octanol–water partition coefficient (Wildman–Crippen LogP) is 1.98. The SMILES string of the molecule is COc1ccc(S(=O)(=O)Nc2ccc(C)n(CC(=O)N3CCCCC3)c2=O)cc1. The third-order valence-electron chi connectivity index (χ3n) is 5.01. The normalized spacial score (nSPS) is 14.5. The molecule has 1 aliphatic heterocycles. The fraction of sp³-hybridized carbons (Fsp3) is 0.400. The number of piperidine rings is 1. The number of carbonyl (C=O) groups excluding carboxylic acids is 1. The number of likely N-dealkylation sites (tertiary alicyclic amines) is 1. The first-order chi connectivity index (χ1) is 13.8. The minimum absolute atomic E-state index is 0.00854. The Balaban J connectivity index is 1.84. The van der Waals surface area contributed by atoms with E-state index in [0.717, 1.165) is 19.3 Å². The summed E-state index contributed by atoms with van der Waals surface area (Å²) in [6.45, 7) is 2.99. The highest BCUT2D eigenvalue weighted by molar-refractivity contribution is 7.92. The third kappa shape index (κ3) is 4.79. The summed E-state index contributed by atoms with van der Waals surface area (Å²) in [5.74, 6) is 0.392. The maximum absolute atomic E-state index is 12.9. The van der Waals surface area contributed by atoms with Crippen molar-refractivity contribution in [2.45, 2.75) is 37.6 Å². The van der Waals surface area contributed by atoms with Crippen LogP contribution in [-0.2, 0) is 21.4 Å². The van der Waals surface area contributed by atoms with E-state index in [1.54, 1.807) is 17.9 Å². The van der Waals surface area contributed by atoms with Gasteiger partial charge in [0.2, 0.25) is 5.91 Å². The number of methoxy groups -OCH3 is 1. The Morgan fingerprint density at radius 1 is 1.07 bits per heavy atom. The van der Waals surface area contributed by atoms with Gasteiger partial charge in [-0.3, -0.25) is 14.3 Å². The minimum atomic E-state index is -3.95. The number of rotatable bonds is 6. The summed E-state index contributed by atoms with van der Waals surface area (Å²) >= 11 is 0. The van der Waals surface area contributed by atoms with Gasteiger partial charge in [0.1, 0.15) is 18.0 Å². The van der Waals surface area contributed by atoms with Gasteiger partial charge in [-0.05, 0) is 62.6 Å². The van der Waals surface area contributed by atoms with Crippen LogP contribution in [0.1, 0.15) is 25.0 Å². The third-order valence-corrected chi connectivity index (χ3v) is 6.39. The van der Waals surface area contributed by atoms with Crippen LogP contribution in [0.5, 0.6) is 5.75 Å². The van der Waals surface area contributed by atoms with Crippen LogP contribution >= 0.6 is 0 Å². The number of sulfonamides is 1. The number of hydrogen-bond donors (Lipinski definition) is 1. The summed E-state index contributed by atoms with van der Waals surface area (Å²) in [5, 5.41) is 0. The maximum Gasteiger partial charge on any atom is 0.275 e. The Bertz CT molecular complexity index is 1040. The molecule has 0 bridgehead atoms. The molecule has 1 aromatic heterocycles. The zero-order valence-electron chi connectivity index (χ0n) is 16.6. The first-order valence-electron chi connectivity index (χ1n) is 9.47. The number of ether oxygens (including phenoxy) is 1. The van der Waals surface area contributed by atoms with Crippen molar-refractivity contribution >= 4 is 21.6 Å². The van der Waals surface area contributed by atoms with Crippen LogP contribution in [0.3, 0.4) is 0 Å². The van der Waals surface area contributed by atoms with Crippen molar-refractivity contribution in [3.05, 3.63) is 52.4 Å². The summed E-state index contributed by atoms with van der Waals surface area (Å²) in [5.41, 5.74) is -0.0573. The lowest BCUT2D eigenvalue weighted by Gasteiger charge is -2.27. The first-order valence-corrected chi connectivity index (χ1v) is 11.0. The minimum Gasteiger partial charge on any atom is -0.497 e. The molecular formula is C20H25N3O5S. The lowest BCUT2D eigenvalue weighted by molar-refractivity contribution is -0.132. The quantitative estimate of drug-likeness (QED) is 0.772. The van der Waals surface area contributed by atoms with Gasteiger partial charge in [0, 0.05) is 18.8 Å². The zero-order chi connectivity index (χ0) is 21.0. The van der Waals surface area contributed by atoms with E-state index in [-0.39, 0.29) is 23.0 Å². The predicted molar refractivity (Wildman–Crippen MR) is 110 cm³/mol.